The van der Waals surface area contributed by atoms with Gasteiger partial charge < -0.3 is 10.2 Å². The normalized spacial score (nSPS) is 12.3. The Labute approximate surface area is 195 Å². The summed E-state index contributed by atoms with van der Waals surface area (Å²) in [5.74, 6) is -1.15. The van der Waals surface area contributed by atoms with Crippen LogP contribution < -0.4 is 9.62 Å². The van der Waals surface area contributed by atoms with Crippen LogP contribution in [0.15, 0.2) is 48.5 Å². The minimum Gasteiger partial charge on any atom is -0.354 e. The van der Waals surface area contributed by atoms with Crippen molar-refractivity contribution < 1.29 is 22.4 Å². The van der Waals surface area contributed by atoms with E-state index in [1.807, 2.05) is 45.0 Å². The fourth-order valence-corrected chi connectivity index (χ4v) is 4.00. The lowest BCUT2D eigenvalue weighted by atomic mass is 10.1. The number of amides is 2. The molecule has 180 valence electrons. The summed E-state index contributed by atoms with van der Waals surface area (Å²) < 4.78 is 39.1. The predicted octanol–water partition coefficient (Wildman–Crippen LogP) is 3.09. The number of hydrogen-bond acceptors (Lipinski definition) is 4. The molecule has 7 nitrogen and oxygen atoms in total. The molecule has 0 heterocycles. The van der Waals surface area contributed by atoms with Crippen LogP contribution in [0.2, 0.25) is 0 Å². The van der Waals surface area contributed by atoms with Crippen molar-refractivity contribution in [3.8, 4) is 0 Å². The quantitative estimate of drug-likeness (QED) is 0.570. The largest absolute Gasteiger partial charge is 0.354 e. The van der Waals surface area contributed by atoms with Crippen LogP contribution in [0.5, 0.6) is 0 Å². The van der Waals surface area contributed by atoms with E-state index in [0.29, 0.717) is 6.54 Å². The lowest BCUT2D eigenvalue weighted by Crippen LogP contribution is -2.51. The average molecular weight is 478 g/mol. The number of nitrogens with zero attached hydrogens (tertiary/aromatic N) is 2. The zero-order valence-electron chi connectivity index (χ0n) is 19.7. The van der Waals surface area contributed by atoms with Crippen LogP contribution in [0.3, 0.4) is 0 Å². The van der Waals surface area contributed by atoms with Crippen LogP contribution in [0.25, 0.3) is 0 Å². The molecule has 0 aliphatic carbocycles. The predicted molar refractivity (Wildman–Crippen MR) is 128 cm³/mol. The number of aryl methyl sites for hydroxylation is 1. The molecule has 0 spiro atoms. The Morgan fingerprint density at radius 2 is 1.58 bits per heavy atom. The molecule has 33 heavy (non-hydrogen) atoms. The molecular weight excluding hydrogens is 445 g/mol. The average Bonchev–Trinajstić information content (AvgIpc) is 2.74. The SMILES string of the molecule is Cc1ccc(CN(C(=O)CN(c2ccc(F)cc2)S(C)(=O)=O)[C@H](C)C(=O)NCC(C)C)cc1. The molecule has 1 atom stereocenters. The molecule has 0 saturated heterocycles. The van der Waals surface area contributed by atoms with Gasteiger partial charge in [-0.15, -0.1) is 0 Å². The number of benzene rings is 2. The molecule has 0 radical (unpaired) electrons. The first-order chi connectivity index (χ1) is 15.4. The van der Waals surface area contributed by atoms with Crippen LogP contribution in [0.1, 0.15) is 31.9 Å². The molecular formula is C24H32FN3O4S. The van der Waals surface area contributed by atoms with Gasteiger partial charge in [-0.25, -0.2) is 12.8 Å². The van der Waals surface area contributed by atoms with E-state index >= 15 is 0 Å². The standard InChI is InChI=1S/C24H32FN3O4S/c1-17(2)14-26-24(30)19(4)27(15-20-8-6-18(3)7-9-20)23(29)16-28(33(5,31)32)22-12-10-21(25)11-13-22/h6-13,17,19H,14-16H2,1-5H3,(H,26,30)/t19-/m1/s1. The molecule has 0 bridgehead atoms. The zero-order chi connectivity index (χ0) is 24.8. The Morgan fingerprint density at radius 1 is 1.00 bits per heavy atom. The molecule has 0 fully saturated rings. The second kappa shape index (κ2) is 11.3. The van der Waals surface area contributed by atoms with Gasteiger partial charge in [-0.1, -0.05) is 43.7 Å². The first-order valence-electron chi connectivity index (χ1n) is 10.7. The fraction of sp³-hybridized carbons (Fsp3) is 0.417. The van der Waals surface area contributed by atoms with Gasteiger partial charge in [0.1, 0.15) is 18.4 Å². The highest BCUT2D eigenvalue weighted by atomic mass is 32.2. The summed E-state index contributed by atoms with van der Waals surface area (Å²) in [5, 5.41) is 2.83. The minimum absolute atomic E-state index is 0.135. The number of anilines is 1. The van der Waals surface area contributed by atoms with Crippen molar-refractivity contribution in [2.75, 3.05) is 23.7 Å². The first kappa shape index (κ1) is 26.3. The molecule has 0 aliphatic rings. The summed E-state index contributed by atoms with van der Waals surface area (Å²) in [6, 6.07) is 11.6. The van der Waals surface area contributed by atoms with Gasteiger partial charge in [-0.05, 0) is 49.6 Å². The van der Waals surface area contributed by atoms with Gasteiger partial charge in [0.15, 0.2) is 0 Å². The van der Waals surface area contributed by atoms with Crippen molar-refractivity contribution in [3.63, 3.8) is 0 Å². The second-order valence-corrected chi connectivity index (χ2v) is 10.5. The van der Waals surface area contributed by atoms with Gasteiger partial charge in [0.05, 0.1) is 11.9 Å². The van der Waals surface area contributed by atoms with Gasteiger partial charge in [-0.3, -0.25) is 13.9 Å². The van der Waals surface area contributed by atoms with E-state index in [2.05, 4.69) is 5.32 Å². The van der Waals surface area contributed by atoms with Crippen molar-refractivity contribution in [2.24, 2.45) is 5.92 Å². The van der Waals surface area contributed by atoms with Gasteiger partial charge in [0.25, 0.3) is 0 Å². The van der Waals surface area contributed by atoms with Gasteiger partial charge in [0, 0.05) is 13.1 Å². The van der Waals surface area contributed by atoms with Crippen molar-refractivity contribution in [1.29, 1.82) is 0 Å². The van der Waals surface area contributed by atoms with E-state index in [4.69, 9.17) is 0 Å². The lowest BCUT2D eigenvalue weighted by Gasteiger charge is -2.31. The summed E-state index contributed by atoms with van der Waals surface area (Å²) in [5.41, 5.74) is 2.03. The summed E-state index contributed by atoms with van der Waals surface area (Å²) in [7, 11) is -3.84. The van der Waals surface area contributed by atoms with Gasteiger partial charge in [-0.2, -0.15) is 0 Å². The van der Waals surface area contributed by atoms with Crippen LogP contribution in [-0.4, -0.2) is 50.5 Å². The minimum atomic E-state index is -3.84. The smallest absolute Gasteiger partial charge is 0.244 e. The van der Waals surface area contributed by atoms with Crippen LogP contribution in [0.4, 0.5) is 10.1 Å². The maximum Gasteiger partial charge on any atom is 0.244 e. The van der Waals surface area contributed by atoms with Gasteiger partial charge >= 0.3 is 0 Å². The van der Waals surface area contributed by atoms with E-state index < -0.39 is 34.3 Å². The van der Waals surface area contributed by atoms with Gasteiger partial charge in [0.2, 0.25) is 21.8 Å². The molecule has 2 amide bonds. The number of halogens is 1. The van der Waals surface area contributed by atoms with E-state index in [-0.39, 0.29) is 24.1 Å². The van der Waals surface area contributed by atoms with E-state index in [0.717, 1.165) is 33.8 Å². The molecule has 2 aromatic carbocycles. The number of sulfonamides is 1. The third kappa shape index (κ3) is 7.85. The highest BCUT2D eigenvalue weighted by molar-refractivity contribution is 7.92. The van der Waals surface area contributed by atoms with Crippen LogP contribution >= 0.6 is 0 Å². The summed E-state index contributed by atoms with van der Waals surface area (Å²) in [6.07, 6.45) is 0.979. The van der Waals surface area contributed by atoms with Crippen molar-refractivity contribution in [1.82, 2.24) is 10.2 Å². The molecule has 1 N–H and O–H groups in total. The topological polar surface area (TPSA) is 86.8 Å². The Kier molecular flexibility index (Phi) is 8.99. The molecule has 0 unspecified atom stereocenters. The van der Waals surface area contributed by atoms with Crippen LogP contribution in [-0.2, 0) is 26.2 Å². The Hall–Kier alpha value is -2.94. The molecule has 2 rings (SSSR count). The first-order valence-corrected chi connectivity index (χ1v) is 12.6. The Bertz CT molecular complexity index is 1050. The molecule has 0 saturated carbocycles. The highest BCUT2D eigenvalue weighted by Gasteiger charge is 2.30. The number of hydrogen-bond donors (Lipinski definition) is 1. The summed E-state index contributed by atoms with van der Waals surface area (Å²) in [4.78, 5) is 27.5. The van der Waals surface area contributed by atoms with Crippen molar-refractivity contribution in [2.45, 2.75) is 40.3 Å². The maximum absolute atomic E-state index is 13.4. The van der Waals surface area contributed by atoms with Crippen LogP contribution in [0, 0.1) is 18.7 Å². The summed E-state index contributed by atoms with van der Waals surface area (Å²) >= 11 is 0. The third-order valence-corrected chi connectivity index (χ3v) is 6.26. The molecule has 0 aromatic heterocycles. The fourth-order valence-electron chi connectivity index (χ4n) is 3.15. The number of carbonyl (C=O) groups excluding carboxylic acids is 2. The Balaban J connectivity index is 2.34. The zero-order valence-corrected chi connectivity index (χ0v) is 20.5. The lowest BCUT2D eigenvalue weighted by molar-refractivity contribution is -0.139. The number of rotatable bonds is 10. The third-order valence-electron chi connectivity index (χ3n) is 5.12. The monoisotopic (exact) mass is 477 g/mol. The van der Waals surface area contributed by atoms with Crippen molar-refractivity contribution >= 4 is 27.5 Å². The second-order valence-electron chi connectivity index (χ2n) is 8.57. The van der Waals surface area contributed by atoms with E-state index in [1.165, 1.54) is 17.0 Å². The van der Waals surface area contributed by atoms with Crippen molar-refractivity contribution in [3.05, 3.63) is 65.5 Å². The maximum atomic E-state index is 13.4. The number of nitrogens with one attached hydrogen (secondary N) is 1. The molecule has 0 aliphatic heterocycles. The summed E-state index contributed by atoms with van der Waals surface area (Å²) in [6.45, 7) is 7.57. The highest BCUT2D eigenvalue weighted by Crippen LogP contribution is 2.19. The van der Waals surface area contributed by atoms with E-state index in [1.54, 1.807) is 6.92 Å². The molecule has 9 heteroatoms. The number of carbonyl (C=O) groups is 2. The van der Waals surface area contributed by atoms with E-state index in [9.17, 15) is 22.4 Å². The molecule has 2 aromatic rings. The Morgan fingerprint density at radius 3 is 2.09 bits per heavy atom.